The van der Waals surface area contributed by atoms with E-state index < -0.39 is 5.97 Å². The van der Waals surface area contributed by atoms with Crippen LogP contribution >= 0.6 is 23.2 Å². The van der Waals surface area contributed by atoms with Crippen molar-refractivity contribution in [3.63, 3.8) is 0 Å². The van der Waals surface area contributed by atoms with Gasteiger partial charge in [0.1, 0.15) is 17.2 Å². The van der Waals surface area contributed by atoms with Gasteiger partial charge >= 0.3 is 5.97 Å². The van der Waals surface area contributed by atoms with Crippen molar-refractivity contribution in [2.75, 3.05) is 19.0 Å². The number of methoxy groups -OCH3 is 1. The molecule has 0 aliphatic carbocycles. The fourth-order valence-electron chi connectivity index (χ4n) is 2.99. The van der Waals surface area contributed by atoms with Crippen molar-refractivity contribution in [3.05, 3.63) is 82.3 Å². The molecule has 0 bridgehead atoms. The summed E-state index contributed by atoms with van der Waals surface area (Å²) in [5.41, 5.74) is 0.914. The van der Waals surface area contributed by atoms with E-state index in [4.69, 9.17) is 37.4 Å². The Kier molecular flexibility index (Phi) is 9.52. The fraction of sp³-hybridized carbons (Fsp3) is 0.192. The second kappa shape index (κ2) is 12.8. The fourth-order valence-corrected chi connectivity index (χ4v) is 3.33. The quantitative estimate of drug-likeness (QED) is 0.237. The van der Waals surface area contributed by atoms with Crippen molar-refractivity contribution >= 4 is 46.5 Å². The van der Waals surface area contributed by atoms with Gasteiger partial charge in [0.2, 0.25) is 5.91 Å². The second-order valence-corrected chi connectivity index (χ2v) is 8.26. The molecule has 0 unspecified atom stereocenters. The van der Waals surface area contributed by atoms with Crippen molar-refractivity contribution in [2.24, 2.45) is 0 Å². The number of halogens is 2. The molecule has 1 N–H and O–H groups in total. The zero-order valence-electron chi connectivity index (χ0n) is 18.9. The lowest BCUT2D eigenvalue weighted by atomic mass is 10.1. The predicted molar refractivity (Wildman–Crippen MR) is 134 cm³/mol. The summed E-state index contributed by atoms with van der Waals surface area (Å²) in [7, 11) is 1.53. The van der Waals surface area contributed by atoms with Crippen LogP contribution in [0.4, 0.5) is 5.69 Å². The van der Waals surface area contributed by atoms with Crippen LogP contribution in [0, 0.1) is 0 Å². The number of Topliss-reactive ketones (excluding diaryl/α,β-unsaturated/α-hetero) is 1. The zero-order valence-corrected chi connectivity index (χ0v) is 20.4. The maximum absolute atomic E-state index is 12.2. The Bertz CT molecular complexity index is 1180. The summed E-state index contributed by atoms with van der Waals surface area (Å²) in [6.45, 7) is -0.361. The highest BCUT2D eigenvalue weighted by atomic mass is 35.5. The van der Waals surface area contributed by atoms with Crippen LogP contribution < -0.4 is 14.8 Å². The molecule has 3 aromatic carbocycles. The highest BCUT2D eigenvalue weighted by Gasteiger charge is 2.12. The van der Waals surface area contributed by atoms with Gasteiger partial charge in [-0.15, -0.1) is 0 Å². The van der Waals surface area contributed by atoms with Crippen LogP contribution in [-0.2, 0) is 14.3 Å². The zero-order chi connectivity index (χ0) is 25.2. The minimum absolute atomic E-state index is 0.0118. The van der Waals surface area contributed by atoms with E-state index in [1.54, 1.807) is 66.7 Å². The molecule has 0 fully saturated rings. The number of benzene rings is 3. The SMILES string of the molecule is COc1ccc(C(=O)COC(=O)CCCC(=O)Nc2ccc(Oc3ccc(Cl)cc3)c(Cl)c2)cc1. The minimum atomic E-state index is -0.550. The van der Waals surface area contributed by atoms with Crippen molar-refractivity contribution in [2.45, 2.75) is 19.3 Å². The van der Waals surface area contributed by atoms with E-state index in [0.29, 0.717) is 38.5 Å². The summed E-state index contributed by atoms with van der Waals surface area (Å²) < 4.78 is 15.8. The molecule has 0 heterocycles. The van der Waals surface area contributed by atoms with Crippen LogP contribution in [0.1, 0.15) is 29.6 Å². The lowest BCUT2D eigenvalue weighted by Gasteiger charge is -2.10. The first-order valence-corrected chi connectivity index (χ1v) is 11.5. The average molecular weight is 516 g/mol. The number of anilines is 1. The van der Waals surface area contributed by atoms with Gasteiger partial charge < -0.3 is 19.5 Å². The van der Waals surface area contributed by atoms with Gasteiger partial charge in [-0.05, 0) is 73.2 Å². The molecule has 0 aliphatic rings. The number of carbonyl (C=O) groups is 3. The van der Waals surface area contributed by atoms with Crippen molar-refractivity contribution in [1.29, 1.82) is 0 Å². The number of ketones is 1. The lowest BCUT2D eigenvalue weighted by molar-refractivity contribution is -0.142. The lowest BCUT2D eigenvalue weighted by Crippen LogP contribution is -2.15. The Morgan fingerprint density at radius 1 is 0.857 bits per heavy atom. The standard InChI is InChI=1S/C26H23Cl2NO6/c1-33-20-10-5-17(6-11-20)23(30)16-34-26(32)4-2-3-25(31)29-19-9-14-24(22(28)15-19)35-21-12-7-18(27)8-13-21/h5-15H,2-4,16H2,1H3,(H,29,31). The number of rotatable bonds is 11. The Morgan fingerprint density at radius 2 is 1.54 bits per heavy atom. The normalized spacial score (nSPS) is 10.4. The van der Waals surface area contributed by atoms with Crippen LogP contribution in [0.5, 0.6) is 17.2 Å². The van der Waals surface area contributed by atoms with E-state index in [1.807, 2.05) is 0 Å². The molecular formula is C26H23Cl2NO6. The Balaban J connectivity index is 1.38. The maximum Gasteiger partial charge on any atom is 0.306 e. The number of ether oxygens (including phenoxy) is 3. The third-order valence-electron chi connectivity index (χ3n) is 4.82. The Morgan fingerprint density at radius 3 is 2.20 bits per heavy atom. The minimum Gasteiger partial charge on any atom is -0.497 e. The van der Waals surface area contributed by atoms with Crippen LogP contribution in [-0.4, -0.2) is 31.4 Å². The molecule has 0 spiro atoms. The van der Waals surface area contributed by atoms with E-state index >= 15 is 0 Å². The van der Waals surface area contributed by atoms with Crippen molar-refractivity contribution in [3.8, 4) is 17.2 Å². The molecule has 7 nitrogen and oxygen atoms in total. The summed E-state index contributed by atoms with van der Waals surface area (Å²) in [4.78, 5) is 36.2. The summed E-state index contributed by atoms with van der Waals surface area (Å²) >= 11 is 12.1. The van der Waals surface area contributed by atoms with Gasteiger partial charge in [-0.1, -0.05) is 23.2 Å². The first-order valence-electron chi connectivity index (χ1n) is 10.7. The molecule has 0 saturated carbocycles. The second-order valence-electron chi connectivity index (χ2n) is 7.42. The molecule has 182 valence electrons. The van der Waals surface area contributed by atoms with Gasteiger partial charge in [0.05, 0.1) is 12.1 Å². The third kappa shape index (κ3) is 8.31. The van der Waals surface area contributed by atoms with Crippen molar-refractivity contribution in [1.82, 2.24) is 0 Å². The summed E-state index contributed by atoms with van der Waals surface area (Å²) in [6.07, 6.45) is 0.382. The van der Waals surface area contributed by atoms with Crippen molar-refractivity contribution < 1.29 is 28.6 Å². The van der Waals surface area contributed by atoms with E-state index in [2.05, 4.69) is 5.32 Å². The number of amides is 1. The van der Waals surface area contributed by atoms with Gasteiger partial charge in [-0.2, -0.15) is 0 Å². The summed E-state index contributed by atoms with van der Waals surface area (Å²) in [5.74, 6) is 0.478. The first-order chi connectivity index (χ1) is 16.8. The molecule has 9 heteroatoms. The van der Waals surface area contributed by atoms with Crippen LogP contribution in [0.2, 0.25) is 10.0 Å². The molecule has 3 rings (SSSR count). The average Bonchev–Trinajstić information content (AvgIpc) is 2.85. The smallest absolute Gasteiger partial charge is 0.306 e. The molecule has 35 heavy (non-hydrogen) atoms. The number of hydrogen-bond acceptors (Lipinski definition) is 6. The van der Waals surface area contributed by atoms with Gasteiger partial charge in [0.25, 0.3) is 0 Å². The van der Waals surface area contributed by atoms with E-state index in [1.165, 1.54) is 7.11 Å². The van der Waals surface area contributed by atoms with Gasteiger partial charge in [0.15, 0.2) is 12.4 Å². The number of esters is 1. The van der Waals surface area contributed by atoms with Gasteiger partial charge in [0, 0.05) is 29.1 Å². The topological polar surface area (TPSA) is 90.9 Å². The molecule has 0 radical (unpaired) electrons. The van der Waals surface area contributed by atoms with E-state index in [0.717, 1.165) is 0 Å². The predicted octanol–water partition coefficient (Wildman–Crippen LogP) is 6.33. The monoisotopic (exact) mass is 515 g/mol. The highest BCUT2D eigenvalue weighted by molar-refractivity contribution is 6.32. The molecule has 0 atom stereocenters. The Hall–Kier alpha value is -3.55. The number of nitrogens with one attached hydrogen (secondary N) is 1. The maximum atomic E-state index is 12.2. The van der Waals surface area contributed by atoms with Crippen LogP contribution in [0.15, 0.2) is 66.7 Å². The Labute approximate surface area is 212 Å². The molecule has 0 aliphatic heterocycles. The molecule has 3 aromatic rings. The van der Waals surface area contributed by atoms with Crippen LogP contribution in [0.3, 0.4) is 0 Å². The molecule has 1 amide bonds. The molecule has 0 aromatic heterocycles. The summed E-state index contributed by atoms with van der Waals surface area (Å²) in [5, 5.41) is 3.64. The molecule has 0 saturated heterocycles. The van der Waals surface area contributed by atoms with E-state index in [9.17, 15) is 14.4 Å². The molecular weight excluding hydrogens is 493 g/mol. The highest BCUT2D eigenvalue weighted by Crippen LogP contribution is 2.32. The van der Waals surface area contributed by atoms with Gasteiger partial charge in [-0.25, -0.2) is 0 Å². The largest absolute Gasteiger partial charge is 0.497 e. The first kappa shape index (κ1) is 26.1. The van der Waals surface area contributed by atoms with Crippen LogP contribution in [0.25, 0.3) is 0 Å². The number of hydrogen-bond donors (Lipinski definition) is 1. The van der Waals surface area contributed by atoms with Gasteiger partial charge in [-0.3, -0.25) is 14.4 Å². The van der Waals surface area contributed by atoms with E-state index in [-0.39, 0.29) is 37.6 Å². The summed E-state index contributed by atoms with van der Waals surface area (Å²) in [6, 6.07) is 18.2. The number of carbonyl (C=O) groups excluding carboxylic acids is 3. The third-order valence-corrected chi connectivity index (χ3v) is 5.37.